The molecule has 0 spiro atoms. The predicted octanol–water partition coefficient (Wildman–Crippen LogP) is -0.962. The minimum Gasteiger partial charge on any atom is -0.0261 e. The summed E-state index contributed by atoms with van der Waals surface area (Å²) >= 11 is 0. The van der Waals surface area contributed by atoms with Crippen LogP contribution in [-0.4, -0.2) is 28.3 Å². The van der Waals surface area contributed by atoms with Crippen LogP contribution in [0.4, 0.5) is 0 Å². The lowest BCUT2D eigenvalue weighted by molar-refractivity contribution is -0.542. The summed E-state index contributed by atoms with van der Waals surface area (Å²) in [5.41, 5.74) is 0. The Morgan fingerprint density at radius 2 is 2.33 bits per heavy atom. The van der Waals surface area contributed by atoms with Crippen LogP contribution < -0.4 is 0 Å². The lowest BCUT2D eigenvalue weighted by atomic mass is 10.8. The zero-order valence-corrected chi connectivity index (χ0v) is 3.07. The summed E-state index contributed by atoms with van der Waals surface area (Å²) in [5, 5.41) is 0. The van der Waals surface area contributed by atoms with Gasteiger partial charge >= 0.3 is 12.6 Å². The second kappa shape index (κ2) is 1.31. The maximum absolute atomic E-state index is 3.61. The van der Waals surface area contributed by atoms with Gasteiger partial charge in [-0.2, -0.15) is 0 Å². The van der Waals surface area contributed by atoms with Crippen molar-refractivity contribution in [3.8, 4) is 0 Å². The Hall–Kier alpha value is -1.17. The molecule has 0 bridgehead atoms. The molecule has 0 aliphatic carbocycles. The quantitative estimate of drug-likeness (QED) is 0.337. The van der Waals surface area contributed by atoms with Crippen molar-refractivity contribution in [2.75, 3.05) is 0 Å². The van der Waals surface area contributed by atoms with E-state index in [2.05, 4.69) is 14.6 Å². The first-order valence-electron chi connectivity index (χ1n) is 1.57. The number of aliphatic imine (C=N–C) groups is 1. The van der Waals surface area contributed by atoms with Crippen LogP contribution in [0.25, 0.3) is 0 Å². The summed E-state index contributed by atoms with van der Waals surface area (Å²) in [5.74, 6) is 0. The molecule has 0 N–H and O–H groups in total. The van der Waals surface area contributed by atoms with Crippen LogP contribution in [0.5, 0.6) is 0 Å². The minimum absolute atomic E-state index is 1.39. The van der Waals surface area contributed by atoms with Gasteiger partial charge in [0.25, 0.3) is 0 Å². The first-order chi connectivity index (χ1) is 3.00. The zero-order chi connectivity index (χ0) is 4.24. The summed E-state index contributed by atoms with van der Waals surface area (Å²) in [7, 11) is 0. The summed E-state index contributed by atoms with van der Waals surface area (Å²) in [6.45, 7) is 0. The molecule has 3 heteroatoms. The van der Waals surface area contributed by atoms with E-state index in [9.17, 15) is 0 Å². The third-order valence-corrected chi connectivity index (χ3v) is 0.404. The van der Waals surface area contributed by atoms with E-state index in [1.54, 1.807) is 6.21 Å². The van der Waals surface area contributed by atoms with Crippen molar-refractivity contribution in [2.45, 2.75) is 0 Å². The lowest BCUT2D eigenvalue weighted by Gasteiger charge is -1.39. The number of nitrogens with zero attached hydrogens (tertiary/aromatic N) is 3. The van der Waals surface area contributed by atoms with E-state index in [4.69, 9.17) is 0 Å². The monoisotopic (exact) mass is 81.0 g/mol. The van der Waals surface area contributed by atoms with Gasteiger partial charge in [0.15, 0.2) is 4.79 Å². The van der Waals surface area contributed by atoms with Crippen molar-refractivity contribution in [3.05, 3.63) is 0 Å². The highest BCUT2D eigenvalue weighted by molar-refractivity contribution is 6.15. The molecule has 1 heterocycles. The summed E-state index contributed by atoms with van der Waals surface area (Å²) in [6.07, 6.45) is 4.49. The highest BCUT2D eigenvalue weighted by Gasteiger charge is 1.89. The molecule has 3 nitrogen and oxygen atoms in total. The van der Waals surface area contributed by atoms with Gasteiger partial charge in [-0.05, 0) is 4.99 Å². The van der Waals surface area contributed by atoms with E-state index in [0.29, 0.717) is 0 Å². The Morgan fingerprint density at radius 1 is 1.33 bits per heavy atom. The van der Waals surface area contributed by atoms with E-state index in [0.717, 1.165) is 0 Å². The van der Waals surface area contributed by atoms with E-state index >= 15 is 0 Å². The number of hydrogen-bond acceptors (Lipinski definition) is 1. The van der Waals surface area contributed by atoms with Crippen LogP contribution in [-0.2, 0) is 0 Å². The maximum atomic E-state index is 3.61. The second-order valence-electron chi connectivity index (χ2n) is 0.794. The molecule has 6 heavy (non-hydrogen) atoms. The molecule has 0 aromatic carbocycles. The van der Waals surface area contributed by atoms with Crippen molar-refractivity contribution in [2.24, 2.45) is 4.99 Å². The van der Waals surface area contributed by atoms with E-state index in [1.165, 1.54) is 12.6 Å². The average Bonchev–Trinajstić information content (AvgIpc) is 1.72. The smallest absolute Gasteiger partial charge is 0.0261 e. The highest BCUT2D eigenvalue weighted by Crippen LogP contribution is 1.47. The molecular weight excluding hydrogens is 78.1 g/mol. The summed E-state index contributed by atoms with van der Waals surface area (Å²) < 4.78 is 0. The van der Waals surface area contributed by atoms with Gasteiger partial charge < -0.3 is 0 Å². The van der Waals surface area contributed by atoms with Gasteiger partial charge in [0, 0.05) is 0 Å². The molecule has 1 aliphatic rings. The van der Waals surface area contributed by atoms with Gasteiger partial charge in [-0.15, -0.1) is 0 Å². The standard InChI is InChI=1S/C3H3N3/c1-2-5-6-3-4-1/h1-3H/q+2. The molecule has 0 unspecified atom stereocenters. The van der Waals surface area contributed by atoms with Gasteiger partial charge in [-0.25, -0.2) is 0 Å². The molecule has 0 amide bonds. The van der Waals surface area contributed by atoms with Gasteiger partial charge in [0.1, 0.15) is 0 Å². The van der Waals surface area contributed by atoms with Gasteiger partial charge in [-0.1, -0.05) is 0 Å². The Morgan fingerprint density at radius 3 is 2.50 bits per heavy atom. The van der Waals surface area contributed by atoms with E-state index in [1.807, 2.05) is 0 Å². The largest absolute Gasteiger partial charge is 0.473 e. The van der Waals surface area contributed by atoms with Crippen molar-refractivity contribution in [1.29, 1.82) is 0 Å². The molecule has 1 rings (SSSR count). The molecule has 0 aromatic heterocycles. The summed E-state index contributed by atoms with van der Waals surface area (Å²) in [6, 6.07) is 0. The molecule has 28 valence electrons. The molecule has 1 aliphatic heterocycles. The Labute approximate surface area is 34.5 Å². The molecule has 0 saturated heterocycles. The Balaban J connectivity index is 3.10. The topological polar surface area (TPSA) is 40.6 Å². The van der Waals surface area contributed by atoms with Gasteiger partial charge in [0.05, 0.1) is 0 Å². The molecule has 0 radical (unpaired) electrons. The Kier molecular flexibility index (Phi) is 0.666. The zero-order valence-electron chi connectivity index (χ0n) is 3.07. The van der Waals surface area contributed by atoms with Crippen molar-refractivity contribution >= 4 is 18.8 Å². The van der Waals surface area contributed by atoms with Gasteiger partial charge in [-0.3, -0.25) is 0 Å². The second-order valence-corrected chi connectivity index (χ2v) is 0.794. The van der Waals surface area contributed by atoms with Crippen LogP contribution in [0.2, 0.25) is 0 Å². The van der Waals surface area contributed by atoms with Crippen LogP contribution >= 0.6 is 0 Å². The lowest BCUT2D eigenvalue weighted by Crippen LogP contribution is -1.85. The molecule has 0 atom stereocenters. The number of rotatable bonds is 0. The third kappa shape index (κ3) is 0.406. The van der Waals surface area contributed by atoms with E-state index < -0.39 is 0 Å². The van der Waals surface area contributed by atoms with Crippen molar-refractivity contribution < 1.29 is 9.58 Å². The molecule has 0 saturated carbocycles. The first-order valence-corrected chi connectivity index (χ1v) is 1.57. The fourth-order valence-electron chi connectivity index (χ4n) is 0.205. The fraction of sp³-hybridized carbons (Fsp3) is 0. The summed E-state index contributed by atoms with van der Waals surface area (Å²) in [4.78, 5) is 10.5. The van der Waals surface area contributed by atoms with Crippen molar-refractivity contribution in [1.82, 2.24) is 0 Å². The van der Waals surface area contributed by atoms with Crippen LogP contribution in [0.15, 0.2) is 4.99 Å². The third-order valence-electron chi connectivity index (χ3n) is 0.404. The highest BCUT2D eigenvalue weighted by atomic mass is 15.0. The van der Waals surface area contributed by atoms with Gasteiger partial charge in [0.2, 0.25) is 11.0 Å². The molecule has 0 fully saturated rings. The average molecular weight is 81.1 g/mol. The van der Waals surface area contributed by atoms with Crippen LogP contribution in [0.3, 0.4) is 0 Å². The number of hydrogen-bond donors (Lipinski definition) is 0. The van der Waals surface area contributed by atoms with Crippen LogP contribution in [0, 0.1) is 0 Å². The molecule has 0 aromatic rings. The molecular formula is C3H3N3+2. The minimum atomic E-state index is 1.39. The van der Waals surface area contributed by atoms with Crippen LogP contribution in [0.1, 0.15) is 0 Å². The SMILES string of the molecule is C1=NC=[N+]=[N+]=C1. The van der Waals surface area contributed by atoms with E-state index in [-0.39, 0.29) is 0 Å². The predicted molar refractivity (Wildman–Crippen MR) is 21.1 cm³/mol. The first kappa shape index (κ1) is 3.04. The Bertz CT molecular complexity index is 137. The van der Waals surface area contributed by atoms with Crippen molar-refractivity contribution in [3.63, 3.8) is 0 Å². The normalized spacial score (nSPS) is 13.3. The maximum Gasteiger partial charge on any atom is 0.473 e. The fourth-order valence-corrected chi connectivity index (χ4v) is 0.205.